The molecule has 0 unspecified atom stereocenters. The van der Waals surface area contributed by atoms with Gasteiger partial charge < -0.3 is 15.0 Å². The molecule has 0 amide bonds. The molecule has 1 aliphatic rings. The zero-order chi connectivity index (χ0) is 15.5. The maximum Gasteiger partial charge on any atom is 0.138 e. The molecule has 1 aromatic heterocycles. The van der Waals surface area contributed by atoms with Gasteiger partial charge in [-0.1, -0.05) is 20.8 Å². The van der Waals surface area contributed by atoms with E-state index in [9.17, 15) is 0 Å². The van der Waals surface area contributed by atoms with Gasteiger partial charge in [0.25, 0.3) is 0 Å². The number of hydrogen-bond acceptors (Lipinski definition) is 5. The molecule has 2 rings (SSSR count). The molecular formula is C16H28N4O. The van der Waals surface area contributed by atoms with Crippen LogP contribution in [0, 0.1) is 5.92 Å². The van der Waals surface area contributed by atoms with E-state index in [4.69, 9.17) is 9.72 Å². The molecule has 0 aliphatic heterocycles. The van der Waals surface area contributed by atoms with Gasteiger partial charge in [0.05, 0.1) is 6.61 Å². The number of aromatic nitrogens is 2. The highest BCUT2D eigenvalue weighted by molar-refractivity contribution is 5.49. The van der Waals surface area contributed by atoms with Crippen molar-refractivity contribution >= 4 is 11.6 Å². The predicted molar refractivity (Wildman–Crippen MR) is 87.1 cm³/mol. The molecule has 0 aromatic carbocycles. The van der Waals surface area contributed by atoms with E-state index in [1.54, 1.807) is 0 Å². The lowest BCUT2D eigenvalue weighted by atomic mass is 9.96. The Morgan fingerprint density at radius 3 is 2.62 bits per heavy atom. The molecule has 0 bridgehead atoms. The highest BCUT2D eigenvalue weighted by Crippen LogP contribution is 2.28. The third-order valence-electron chi connectivity index (χ3n) is 3.65. The van der Waals surface area contributed by atoms with Crippen LogP contribution in [0.25, 0.3) is 0 Å². The standard InChI is InChI=1S/C16H28N4O/c1-16(2,3)15-18-13(17-4)10-14(19-15)20(5)8-9-21-11-12-6-7-12/h10,12H,6-9,11H2,1-5H3,(H,17,18,19). The van der Waals surface area contributed by atoms with E-state index in [1.165, 1.54) is 12.8 Å². The first-order valence-electron chi connectivity index (χ1n) is 7.76. The summed E-state index contributed by atoms with van der Waals surface area (Å²) in [6.45, 7) is 8.89. The normalized spacial score (nSPS) is 15.1. The second kappa shape index (κ2) is 6.60. The van der Waals surface area contributed by atoms with Gasteiger partial charge >= 0.3 is 0 Å². The average molecular weight is 292 g/mol. The molecule has 1 N–H and O–H groups in total. The summed E-state index contributed by atoms with van der Waals surface area (Å²) < 4.78 is 5.70. The van der Waals surface area contributed by atoms with Crippen LogP contribution in [0.4, 0.5) is 11.6 Å². The molecule has 1 heterocycles. The van der Waals surface area contributed by atoms with Crippen LogP contribution in [0.3, 0.4) is 0 Å². The summed E-state index contributed by atoms with van der Waals surface area (Å²) in [6, 6.07) is 1.98. The minimum absolute atomic E-state index is 0.0646. The van der Waals surface area contributed by atoms with Crippen molar-refractivity contribution < 1.29 is 4.74 Å². The molecule has 1 aliphatic carbocycles. The molecule has 0 spiro atoms. The summed E-state index contributed by atoms with van der Waals surface area (Å²) in [5, 5.41) is 3.12. The average Bonchev–Trinajstić information content (AvgIpc) is 3.26. The largest absolute Gasteiger partial charge is 0.379 e. The zero-order valence-corrected chi connectivity index (χ0v) is 13.9. The van der Waals surface area contributed by atoms with Crippen LogP contribution in [0.1, 0.15) is 39.4 Å². The molecule has 1 aromatic rings. The first kappa shape index (κ1) is 16.0. The smallest absolute Gasteiger partial charge is 0.138 e. The Labute approximate surface area is 128 Å². The third kappa shape index (κ3) is 4.84. The third-order valence-corrected chi connectivity index (χ3v) is 3.65. The Hall–Kier alpha value is -1.36. The number of nitrogens with one attached hydrogen (secondary N) is 1. The first-order valence-corrected chi connectivity index (χ1v) is 7.76. The van der Waals surface area contributed by atoms with Crippen LogP contribution >= 0.6 is 0 Å². The van der Waals surface area contributed by atoms with Crippen LogP contribution < -0.4 is 10.2 Å². The van der Waals surface area contributed by atoms with Gasteiger partial charge in [0.15, 0.2) is 0 Å². The van der Waals surface area contributed by atoms with Crippen LogP contribution in [0.15, 0.2) is 6.07 Å². The summed E-state index contributed by atoms with van der Waals surface area (Å²) in [7, 11) is 3.94. The second-order valence-electron chi connectivity index (χ2n) is 6.87. The van der Waals surface area contributed by atoms with E-state index < -0.39 is 0 Å². The SMILES string of the molecule is CNc1cc(N(C)CCOCC2CC2)nc(C(C)(C)C)n1. The fourth-order valence-electron chi connectivity index (χ4n) is 1.94. The van der Waals surface area contributed by atoms with Crippen molar-refractivity contribution in [3.8, 4) is 0 Å². The van der Waals surface area contributed by atoms with E-state index in [0.717, 1.165) is 43.1 Å². The van der Waals surface area contributed by atoms with Gasteiger partial charge in [-0.25, -0.2) is 9.97 Å². The molecule has 5 heteroatoms. The quantitative estimate of drug-likeness (QED) is 0.783. The molecule has 1 fully saturated rings. The fourth-order valence-corrected chi connectivity index (χ4v) is 1.94. The first-order chi connectivity index (χ1) is 9.90. The summed E-state index contributed by atoms with van der Waals surface area (Å²) in [6.07, 6.45) is 2.67. The topological polar surface area (TPSA) is 50.3 Å². The van der Waals surface area contributed by atoms with Crippen molar-refractivity contribution in [2.45, 2.75) is 39.0 Å². The van der Waals surface area contributed by atoms with E-state index in [-0.39, 0.29) is 5.41 Å². The Morgan fingerprint density at radius 1 is 1.33 bits per heavy atom. The van der Waals surface area contributed by atoms with Crippen molar-refractivity contribution in [3.05, 3.63) is 11.9 Å². The number of ether oxygens (including phenoxy) is 1. The molecule has 1 saturated carbocycles. The van der Waals surface area contributed by atoms with E-state index >= 15 is 0 Å². The Balaban J connectivity index is 1.98. The Morgan fingerprint density at radius 2 is 2.05 bits per heavy atom. The van der Waals surface area contributed by atoms with Gasteiger partial charge in [-0.3, -0.25) is 0 Å². The van der Waals surface area contributed by atoms with E-state index in [1.807, 2.05) is 13.1 Å². The zero-order valence-electron chi connectivity index (χ0n) is 13.9. The van der Waals surface area contributed by atoms with Crippen LogP contribution in [0.5, 0.6) is 0 Å². The van der Waals surface area contributed by atoms with Crippen molar-refractivity contribution in [2.24, 2.45) is 5.92 Å². The summed E-state index contributed by atoms with van der Waals surface area (Å²) >= 11 is 0. The minimum Gasteiger partial charge on any atom is -0.379 e. The van der Waals surface area contributed by atoms with Crippen LogP contribution in [-0.2, 0) is 10.2 Å². The fraction of sp³-hybridized carbons (Fsp3) is 0.750. The molecule has 118 valence electrons. The monoisotopic (exact) mass is 292 g/mol. The maximum atomic E-state index is 5.70. The summed E-state index contributed by atoms with van der Waals surface area (Å²) in [5.41, 5.74) is -0.0646. The lowest BCUT2D eigenvalue weighted by Crippen LogP contribution is -2.26. The van der Waals surface area contributed by atoms with Gasteiger partial charge in [0, 0.05) is 38.7 Å². The number of nitrogens with zero attached hydrogens (tertiary/aromatic N) is 3. The molecule has 0 saturated heterocycles. The van der Waals surface area contributed by atoms with Gasteiger partial charge in [-0.05, 0) is 18.8 Å². The Bertz CT molecular complexity index is 466. The maximum absolute atomic E-state index is 5.70. The molecule has 5 nitrogen and oxygen atoms in total. The Kier molecular flexibility index (Phi) is 5.04. The summed E-state index contributed by atoms with van der Waals surface area (Å²) in [4.78, 5) is 11.4. The van der Waals surface area contributed by atoms with Crippen molar-refractivity contribution in [1.29, 1.82) is 0 Å². The van der Waals surface area contributed by atoms with Gasteiger partial charge in [-0.15, -0.1) is 0 Å². The number of rotatable bonds is 7. The molecular weight excluding hydrogens is 264 g/mol. The van der Waals surface area contributed by atoms with E-state index in [0.29, 0.717) is 0 Å². The van der Waals surface area contributed by atoms with Gasteiger partial charge in [0.1, 0.15) is 17.5 Å². The number of likely N-dealkylation sites (N-methyl/N-ethyl adjacent to an activating group) is 1. The lowest BCUT2D eigenvalue weighted by molar-refractivity contribution is 0.131. The second-order valence-corrected chi connectivity index (χ2v) is 6.87. The van der Waals surface area contributed by atoms with Crippen molar-refractivity contribution in [3.63, 3.8) is 0 Å². The molecule has 0 atom stereocenters. The lowest BCUT2D eigenvalue weighted by Gasteiger charge is -2.23. The molecule has 21 heavy (non-hydrogen) atoms. The predicted octanol–water partition coefficient (Wildman–Crippen LogP) is 2.68. The van der Waals surface area contributed by atoms with Crippen molar-refractivity contribution in [1.82, 2.24) is 9.97 Å². The number of anilines is 2. The highest BCUT2D eigenvalue weighted by atomic mass is 16.5. The van der Waals surface area contributed by atoms with Gasteiger partial charge in [0.2, 0.25) is 0 Å². The van der Waals surface area contributed by atoms with Gasteiger partial charge in [-0.2, -0.15) is 0 Å². The summed E-state index contributed by atoms with van der Waals surface area (Å²) in [5.74, 6) is 3.47. The highest BCUT2D eigenvalue weighted by Gasteiger charge is 2.22. The van der Waals surface area contributed by atoms with Crippen LogP contribution in [-0.4, -0.2) is 43.8 Å². The van der Waals surface area contributed by atoms with Crippen molar-refractivity contribution in [2.75, 3.05) is 44.1 Å². The number of hydrogen-bond donors (Lipinski definition) is 1. The molecule has 0 radical (unpaired) electrons. The minimum atomic E-state index is -0.0646. The van der Waals surface area contributed by atoms with Crippen LogP contribution in [0.2, 0.25) is 0 Å². The van der Waals surface area contributed by atoms with E-state index in [2.05, 4.69) is 43.0 Å².